The summed E-state index contributed by atoms with van der Waals surface area (Å²) in [4.78, 5) is 23.0. The molecule has 0 spiro atoms. The lowest BCUT2D eigenvalue weighted by Crippen LogP contribution is -2.10. The van der Waals surface area contributed by atoms with E-state index in [0.717, 1.165) is 5.56 Å². The lowest BCUT2D eigenvalue weighted by atomic mass is 10.1. The predicted molar refractivity (Wildman–Crippen MR) is 78.0 cm³/mol. The van der Waals surface area contributed by atoms with Crippen molar-refractivity contribution >= 4 is 35.5 Å². The van der Waals surface area contributed by atoms with Crippen LogP contribution in [0.5, 0.6) is 5.75 Å². The van der Waals surface area contributed by atoms with Gasteiger partial charge in [0.2, 0.25) is 0 Å². The van der Waals surface area contributed by atoms with Gasteiger partial charge in [0.1, 0.15) is 0 Å². The van der Waals surface area contributed by atoms with Crippen molar-refractivity contribution < 1.29 is 14.3 Å². The Labute approximate surface area is 126 Å². The highest BCUT2D eigenvalue weighted by molar-refractivity contribution is 6.36. The van der Waals surface area contributed by atoms with Crippen LogP contribution >= 0.6 is 23.2 Å². The van der Waals surface area contributed by atoms with Gasteiger partial charge in [0, 0.05) is 5.02 Å². The van der Waals surface area contributed by atoms with E-state index >= 15 is 0 Å². The first-order chi connectivity index (χ1) is 9.51. The number of halogens is 2. The maximum Gasteiger partial charge on any atom is 0.343 e. The van der Waals surface area contributed by atoms with Crippen molar-refractivity contribution in [3.63, 3.8) is 0 Å². The first-order valence-electron chi connectivity index (χ1n) is 5.74. The number of carbonyl (C=O) groups is 2. The highest BCUT2D eigenvalue weighted by Crippen LogP contribution is 2.32. The zero-order valence-electron chi connectivity index (χ0n) is 10.5. The second-order valence-corrected chi connectivity index (χ2v) is 5.03. The van der Waals surface area contributed by atoms with Crippen LogP contribution in [0.25, 0.3) is 0 Å². The Morgan fingerprint density at radius 1 is 1.20 bits per heavy atom. The van der Waals surface area contributed by atoms with Gasteiger partial charge < -0.3 is 4.74 Å². The standard InChI is InChI=1S/C15H10Cl2O3/c1-9-3-2-4-10(5-9)15(19)20-14-11(8-18)6-12(16)7-13(14)17/h2-8H,1H3. The Bertz CT molecular complexity index is 681. The number of aldehydes is 1. The molecule has 3 nitrogen and oxygen atoms in total. The van der Waals surface area contributed by atoms with E-state index in [0.29, 0.717) is 16.9 Å². The summed E-state index contributed by atoms with van der Waals surface area (Å²) in [5.41, 5.74) is 1.44. The number of aryl methyl sites for hydroxylation is 1. The first-order valence-corrected chi connectivity index (χ1v) is 6.50. The third kappa shape index (κ3) is 3.18. The normalized spacial score (nSPS) is 10.2. The van der Waals surface area contributed by atoms with Crippen molar-refractivity contribution in [2.45, 2.75) is 6.92 Å². The van der Waals surface area contributed by atoms with E-state index in [1.807, 2.05) is 13.0 Å². The number of esters is 1. The summed E-state index contributed by atoms with van der Waals surface area (Å²) in [6.07, 6.45) is 0.538. The molecule has 0 unspecified atom stereocenters. The third-order valence-electron chi connectivity index (χ3n) is 2.61. The van der Waals surface area contributed by atoms with Crippen molar-refractivity contribution in [3.05, 3.63) is 63.1 Å². The Balaban J connectivity index is 2.35. The molecule has 2 rings (SSSR count). The maximum absolute atomic E-state index is 12.0. The molecule has 0 heterocycles. The van der Waals surface area contributed by atoms with Crippen LogP contribution in [-0.4, -0.2) is 12.3 Å². The fourth-order valence-electron chi connectivity index (χ4n) is 1.70. The van der Waals surface area contributed by atoms with Gasteiger partial charge in [-0.2, -0.15) is 0 Å². The first kappa shape index (κ1) is 14.6. The molecule has 0 amide bonds. The van der Waals surface area contributed by atoms with Crippen LogP contribution in [0, 0.1) is 6.92 Å². The average molecular weight is 309 g/mol. The van der Waals surface area contributed by atoms with Gasteiger partial charge in [-0.25, -0.2) is 4.79 Å². The maximum atomic E-state index is 12.0. The largest absolute Gasteiger partial charge is 0.421 e. The van der Waals surface area contributed by atoms with Crippen molar-refractivity contribution in [2.24, 2.45) is 0 Å². The minimum absolute atomic E-state index is 0.0116. The molecule has 0 fully saturated rings. The van der Waals surface area contributed by atoms with Gasteiger partial charge in [0.15, 0.2) is 12.0 Å². The molecule has 0 saturated heterocycles. The zero-order chi connectivity index (χ0) is 14.7. The highest BCUT2D eigenvalue weighted by Gasteiger charge is 2.16. The molecule has 0 bridgehead atoms. The number of hydrogen-bond donors (Lipinski definition) is 0. The average Bonchev–Trinajstić information content (AvgIpc) is 2.41. The second-order valence-electron chi connectivity index (χ2n) is 4.18. The molecule has 2 aromatic rings. The van der Waals surface area contributed by atoms with E-state index in [4.69, 9.17) is 27.9 Å². The van der Waals surface area contributed by atoms with Gasteiger partial charge in [-0.05, 0) is 31.2 Å². The minimum atomic E-state index is -0.582. The third-order valence-corrected chi connectivity index (χ3v) is 3.11. The molecule has 0 aliphatic rings. The molecular formula is C15H10Cl2O3. The Hall–Kier alpha value is -1.84. The SMILES string of the molecule is Cc1cccc(C(=O)Oc2c(Cl)cc(Cl)cc2C=O)c1. The van der Waals surface area contributed by atoms with Crippen molar-refractivity contribution in [3.8, 4) is 5.75 Å². The summed E-state index contributed by atoms with van der Waals surface area (Å²) < 4.78 is 5.20. The van der Waals surface area contributed by atoms with E-state index in [9.17, 15) is 9.59 Å². The van der Waals surface area contributed by atoms with Crippen LogP contribution in [-0.2, 0) is 0 Å². The molecule has 0 aliphatic heterocycles. The van der Waals surface area contributed by atoms with Gasteiger partial charge in [-0.15, -0.1) is 0 Å². The van der Waals surface area contributed by atoms with Crippen LogP contribution in [0.3, 0.4) is 0 Å². The number of carbonyl (C=O) groups excluding carboxylic acids is 2. The Morgan fingerprint density at radius 3 is 2.60 bits per heavy atom. The molecule has 0 atom stereocenters. The molecular weight excluding hydrogens is 299 g/mol. The summed E-state index contributed by atoms with van der Waals surface area (Å²) in [5.74, 6) is -0.571. The molecule has 0 aliphatic carbocycles. The highest BCUT2D eigenvalue weighted by atomic mass is 35.5. The molecule has 0 N–H and O–H groups in total. The summed E-state index contributed by atoms with van der Waals surface area (Å²) in [6, 6.07) is 9.72. The molecule has 102 valence electrons. The summed E-state index contributed by atoms with van der Waals surface area (Å²) in [6.45, 7) is 1.86. The van der Waals surface area contributed by atoms with Crippen LogP contribution in [0.4, 0.5) is 0 Å². The Morgan fingerprint density at radius 2 is 1.95 bits per heavy atom. The van der Waals surface area contributed by atoms with E-state index in [2.05, 4.69) is 0 Å². The number of ether oxygens (including phenoxy) is 1. The van der Waals surface area contributed by atoms with E-state index in [1.54, 1.807) is 18.2 Å². The summed E-state index contributed by atoms with van der Waals surface area (Å²) >= 11 is 11.7. The van der Waals surface area contributed by atoms with Gasteiger partial charge in [-0.1, -0.05) is 40.9 Å². The number of rotatable bonds is 3. The van der Waals surface area contributed by atoms with Gasteiger partial charge in [0.25, 0.3) is 0 Å². The van der Waals surface area contributed by atoms with Crippen molar-refractivity contribution in [1.82, 2.24) is 0 Å². The molecule has 0 radical (unpaired) electrons. The fourth-order valence-corrected chi connectivity index (χ4v) is 2.25. The summed E-state index contributed by atoms with van der Waals surface area (Å²) in [7, 11) is 0. The lowest BCUT2D eigenvalue weighted by molar-refractivity contribution is 0.0733. The lowest BCUT2D eigenvalue weighted by Gasteiger charge is -2.09. The van der Waals surface area contributed by atoms with Crippen LogP contribution in [0.2, 0.25) is 10.0 Å². The van der Waals surface area contributed by atoms with Crippen LogP contribution in [0.15, 0.2) is 36.4 Å². The van der Waals surface area contributed by atoms with Crippen LogP contribution < -0.4 is 4.74 Å². The smallest absolute Gasteiger partial charge is 0.343 e. The monoisotopic (exact) mass is 308 g/mol. The van der Waals surface area contributed by atoms with Gasteiger partial charge in [0.05, 0.1) is 16.1 Å². The predicted octanol–water partition coefficient (Wildman–Crippen LogP) is 4.33. The molecule has 0 aromatic heterocycles. The molecule has 20 heavy (non-hydrogen) atoms. The van der Waals surface area contributed by atoms with Gasteiger partial charge >= 0.3 is 5.97 Å². The summed E-state index contributed by atoms with van der Waals surface area (Å²) in [5, 5.41) is 0.410. The van der Waals surface area contributed by atoms with Crippen LogP contribution in [0.1, 0.15) is 26.3 Å². The van der Waals surface area contributed by atoms with E-state index in [-0.39, 0.29) is 16.3 Å². The topological polar surface area (TPSA) is 43.4 Å². The Kier molecular flexibility index (Phi) is 4.42. The van der Waals surface area contributed by atoms with Crippen molar-refractivity contribution in [1.29, 1.82) is 0 Å². The minimum Gasteiger partial charge on any atom is -0.421 e. The molecule has 5 heteroatoms. The molecule has 2 aromatic carbocycles. The second kappa shape index (κ2) is 6.07. The molecule has 0 saturated carbocycles. The van der Waals surface area contributed by atoms with E-state index in [1.165, 1.54) is 12.1 Å². The van der Waals surface area contributed by atoms with E-state index < -0.39 is 5.97 Å². The number of hydrogen-bond acceptors (Lipinski definition) is 3. The fraction of sp³-hybridized carbons (Fsp3) is 0.0667. The van der Waals surface area contributed by atoms with Gasteiger partial charge in [-0.3, -0.25) is 4.79 Å². The quantitative estimate of drug-likeness (QED) is 0.481. The van der Waals surface area contributed by atoms with Crippen molar-refractivity contribution in [2.75, 3.05) is 0 Å². The zero-order valence-corrected chi connectivity index (χ0v) is 12.0. The number of benzene rings is 2.